The summed E-state index contributed by atoms with van der Waals surface area (Å²) in [7, 11) is 0. The first-order valence-corrected chi connectivity index (χ1v) is 12.0. The maximum Gasteiger partial charge on any atom is 0.294 e. The van der Waals surface area contributed by atoms with Crippen molar-refractivity contribution in [2.75, 3.05) is 23.8 Å². The van der Waals surface area contributed by atoms with E-state index in [1.807, 2.05) is 6.07 Å². The zero-order chi connectivity index (χ0) is 25.5. The number of hydrogen-bond acceptors (Lipinski definition) is 6. The van der Waals surface area contributed by atoms with Gasteiger partial charge in [0.05, 0.1) is 4.91 Å². The van der Waals surface area contributed by atoms with E-state index in [2.05, 4.69) is 10.6 Å². The summed E-state index contributed by atoms with van der Waals surface area (Å²) in [5.41, 5.74) is 1.60. The molecule has 0 aliphatic carbocycles. The average molecular weight is 522 g/mol. The standard InChI is InChI=1S/C26H20ClN3O5S/c27-18-11-12-21(35-16-24(32)29-20-9-5-2-6-10-20)17(13-18)14-22-25(33)30(26(34)36-22)15-23(31)28-19-7-3-1-4-8-19/h1-14H,15-16H2,(H,28,31)(H,29,32)/b22-14-. The predicted octanol–water partition coefficient (Wildman–Crippen LogP) is 5.03. The van der Waals surface area contributed by atoms with Gasteiger partial charge in [-0.05, 0) is 60.3 Å². The number of thioether (sulfide) groups is 1. The summed E-state index contributed by atoms with van der Waals surface area (Å²) in [5.74, 6) is -1.18. The van der Waals surface area contributed by atoms with Crippen LogP contribution in [-0.4, -0.2) is 41.0 Å². The maximum absolute atomic E-state index is 12.9. The molecule has 0 atom stereocenters. The monoisotopic (exact) mass is 521 g/mol. The van der Waals surface area contributed by atoms with Gasteiger partial charge in [0, 0.05) is 22.0 Å². The predicted molar refractivity (Wildman–Crippen MR) is 140 cm³/mol. The summed E-state index contributed by atoms with van der Waals surface area (Å²) in [5, 5.41) is 5.17. The minimum atomic E-state index is -0.610. The van der Waals surface area contributed by atoms with Crippen LogP contribution in [0.5, 0.6) is 5.75 Å². The molecule has 10 heteroatoms. The number of nitrogens with zero attached hydrogens (tertiary/aromatic N) is 1. The molecule has 0 aromatic heterocycles. The maximum atomic E-state index is 12.9. The van der Waals surface area contributed by atoms with E-state index in [1.165, 1.54) is 6.08 Å². The second-order valence-corrected chi connectivity index (χ2v) is 9.00. The molecular weight excluding hydrogens is 502 g/mol. The van der Waals surface area contributed by atoms with Gasteiger partial charge in [-0.2, -0.15) is 0 Å². The number of hydrogen-bond donors (Lipinski definition) is 2. The third kappa shape index (κ3) is 6.53. The van der Waals surface area contributed by atoms with Crippen LogP contribution >= 0.6 is 23.4 Å². The van der Waals surface area contributed by atoms with Crippen LogP contribution < -0.4 is 15.4 Å². The molecule has 0 bridgehead atoms. The van der Waals surface area contributed by atoms with Gasteiger partial charge in [-0.15, -0.1) is 0 Å². The van der Waals surface area contributed by atoms with Crippen LogP contribution in [0, 0.1) is 0 Å². The van der Waals surface area contributed by atoms with E-state index in [4.69, 9.17) is 16.3 Å². The molecule has 0 unspecified atom stereocenters. The molecule has 4 rings (SSSR count). The number of carbonyl (C=O) groups is 4. The molecule has 0 radical (unpaired) electrons. The van der Waals surface area contributed by atoms with Crippen LogP contribution in [0.2, 0.25) is 5.02 Å². The molecular formula is C26H20ClN3O5S. The highest BCUT2D eigenvalue weighted by Crippen LogP contribution is 2.34. The molecule has 0 saturated carbocycles. The minimum Gasteiger partial charge on any atom is -0.483 e. The quantitative estimate of drug-likeness (QED) is 0.403. The highest BCUT2D eigenvalue weighted by molar-refractivity contribution is 8.18. The molecule has 1 saturated heterocycles. The summed E-state index contributed by atoms with van der Waals surface area (Å²) in [6.07, 6.45) is 1.45. The minimum absolute atomic E-state index is 0.105. The molecule has 36 heavy (non-hydrogen) atoms. The van der Waals surface area contributed by atoms with Gasteiger partial charge in [0.15, 0.2) is 6.61 Å². The molecule has 3 aromatic carbocycles. The molecule has 8 nitrogen and oxygen atoms in total. The molecule has 1 heterocycles. The normalized spacial score (nSPS) is 14.1. The Balaban J connectivity index is 1.43. The number of benzene rings is 3. The third-order valence-electron chi connectivity index (χ3n) is 4.91. The number of nitrogens with one attached hydrogen (secondary N) is 2. The zero-order valence-electron chi connectivity index (χ0n) is 18.8. The van der Waals surface area contributed by atoms with Gasteiger partial charge in [-0.25, -0.2) is 0 Å². The number of ether oxygens (including phenoxy) is 1. The van der Waals surface area contributed by atoms with Crippen molar-refractivity contribution in [1.29, 1.82) is 0 Å². The Morgan fingerprint density at radius 1 is 0.889 bits per heavy atom. The number of halogens is 1. The van der Waals surface area contributed by atoms with Crippen LogP contribution in [-0.2, 0) is 14.4 Å². The number of imide groups is 1. The van der Waals surface area contributed by atoms with Crippen molar-refractivity contribution in [3.63, 3.8) is 0 Å². The topological polar surface area (TPSA) is 105 Å². The van der Waals surface area contributed by atoms with E-state index in [1.54, 1.807) is 72.8 Å². The van der Waals surface area contributed by atoms with Crippen molar-refractivity contribution in [2.45, 2.75) is 0 Å². The van der Waals surface area contributed by atoms with Gasteiger partial charge in [0.1, 0.15) is 12.3 Å². The molecule has 1 aliphatic heterocycles. The highest BCUT2D eigenvalue weighted by Gasteiger charge is 2.36. The van der Waals surface area contributed by atoms with Crippen molar-refractivity contribution < 1.29 is 23.9 Å². The Morgan fingerprint density at radius 3 is 2.14 bits per heavy atom. The zero-order valence-corrected chi connectivity index (χ0v) is 20.3. The van der Waals surface area contributed by atoms with Gasteiger partial charge in [-0.3, -0.25) is 24.1 Å². The van der Waals surface area contributed by atoms with Gasteiger partial charge < -0.3 is 15.4 Å². The number of anilines is 2. The first-order chi connectivity index (χ1) is 17.4. The summed E-state index contributed by atoms with van der Waals surface area (Å²) in [6, 6.07) is 22.4. The lowest BCUT2D eigenvalue weighted by atomic mass is 10.2. The molecule has 4 amide bonds. The smallest absolute Gasteiger partial charge is 0.294 e. The molecule has 1 fully saturated rings. The summed E-state index contributed by atoms with van der Waals surface area (Å²) >= 11 is 6.83. The molecule has 1 aliphatic rings. The van der Waals surface area contributed by atoms with Crippen LogP contribution in [0.15, 0.2) is 83.8 Å². The van der Waals surface area contributed by atoms with E-state index in [9.17, 15) is 19.2 Å². The Morgan fingerprint density at radius 2 is 1.50 bits per heavy atom. The molecule has 0 spiro atoms. The van der Waals surface area contributed by atoms with Crippen LogP contribution in [0.25, 0.3) is 6.08 Å². The van der Waals surface area contributed by atoms with Gasteiger partial charge in [0.2, 0.25) is 5.91 Å². The van der Waals surface area contributed by atoms with Gasteiger partial charge >= 0.3 is 0 Å². The van der Waals surface area contributed by atoms with E-state index in [-0.39, 0.29) is 17.4 Å². The fraction of sp³-hybridized carbons (Fsp3) is 0.0769. The second-order valence-electron chi connectivity index (χ2n) is 7.57. The van der Waals surface area contributed by atoms with E-state index in [0.717, 1.165) is 4.90 Å². The molecule has 3 aromatic rings. The SMILES string of the molecule is O=C(COc1ccc(Cl)cc1/C=C1\SC(=O)N(CC(=O)Nc2ccccc2)C1=O)Nc1ccccc1. The highest BCUT2D eigenvalue weighted by atomic mass is 35.5. The van der Waals surface area contributed by atoms with E-state index >= 15 is 0 Å². The number of rotatable bonds is 8. The summed E-state index contributed by atoms with van der Waals surface area (Å²) < 4.78 is 5.66. The first-order valence-electron chi connectivity index (χ1n) is 10.8. The Hall–Kier alpha value is -4.08. The lowest BCUT2D eigenvalue weighted by Crippen LogP contribution is -2.36. The Bertz CT molecular complexity index is 1330. The van der Waals surface area contributed by atoms with Crippen molar-refractivity contribution in [1.82, 2.24) is 4.90 Å². The van der Waals surface area contributed by atoms with E-state index in [0.29, 0.717) is 39.5 Å². The lowest BCUT2D eigenvalue weighted by molar-refractivity contribution is -0.127. The first kappa shape index (κ1) is 25.0. The van der Waals surface area contributed by atoms with Crippen molar-refractivity contribution >= 4 is 63.8 Å². The fourth-order valence-electron chi connectivity index (χ4n) is 3.27. The van der Waals surface area contributed by atoms with Crippen LogP contribution in [0.4, 0.5) is 16.2 Å². The van der Waals surface area contributed by atoms with Crippen LogP contribution in [0.1, 0.15) is 5.56 Å². The van der Waals surface area contributed by atoms with E-state index < -0.39 is 23.6 Å². The number of amides is 4. The Labute approximate surface area is 216 Å². The number of carbonyl (C=O) groups excluding carboxylic acids is 4. The van der Waals surface area contributed by atoms with Crippen molar-refractivity contribution in [3.05, 3.63) is 94.4 Å². The average Bonchev–Trinajstić information content (AvgIpc) is 3.12. The van der Waals surface area contributed by atoms with Crippen molar-refractivity contribution in [2.24, 2.45) is 0 Å². The van der Waals surface area contributed by atoms with Crippen LogP contribution in [0.3, 0.4) is 0 Å². The van der Waals surface area contributed by atoms with Gasteiger partial charge in [-0.1, -0.05) is 48.0 Å². The fourth-order valence-corrected chi connectivity index (χ4v) is 4.28. The largest absolute Gasteiger partial charge is 0.483 e. The molecule has 182 valence electrons. The summed E-state index contributed by atoms with van der Waals surface area (Å²) in [6.45, 7) is -0.700. The summed E-state index contributed by atoms with van der Waals surface area (Å²) in [4.78, 5) is 50.9. The third-order valence-corrected chi connectivity index (χ3v) is 6.05. The van der Waals surface area contributed by atoms with Gasteiger partial charge in [0.25, 0.3) is 17.1 Å². The van der Waals surface area contributed by atoms with Crippen molar-refractivity contribution in [3.8, 4) is 5.75 Å². The number of para-hydroxylation sites is 2. The molecule has 2 N–H and O–H groups in total. The Kier molecular flexibility index (Phi) is 8.04. The second kappa shape index (κ2) is 11.6. The lowest BCUT2D eigenvalue weighted by Gasteiger charge is -2.12.